The molecule has 0 N–H and O–H groups in total. The zero-order valence-corrected chi connectivity index (χ0v) is 11.6. The Labute approximate surface area is 110 Å². The number of thiazole rings is 1. The lowest BCUT2D eigenvalue weighted by atomic mass is 10.5. The number of rotatable bonds is 5. The third-order valence-electron chi connectivity index (χ3n) is 1.57. The first-order valence-electron chi connectivity index (χ1n) is 4.61. The van der Waals surface area contributed by atoms with Crippen LogP contribution in [0.25, 0.3) is 0 Å². The van der Waals surface area contributed by atoms with Crippen LogP contribution in [0.3, 0.4) is 0 Å². The number of ether oxygens (including phenoxy) is 3. The van der Waals surface area contributed by atoms with Crippen LogP contribution in [0.4, 0.5) is 0 Å². The van der Waals surface area contributed by atoms with Crippen molar-refractivity contribution in [1.29, 1.82) is 0 Å². The second-order valence-corrected chi connectivity index (χ2v) is 4.96. The molecule has 1 rings (SSSR count). The average molecular weight is 324 g/mol. The van der Waals surface area contributed by atoms with Crippen molar-refractivity contribution in [3.05, 3.63) is 8.79 Å². The van der Waals surface area contributed by atoms with E-state index in [-0.39, 0.29) is 24.0 Å². The lowest BCUT2D eigenvalue weighted by Crippen LogP contribution is -2.15. The molecule has 94 valence electrons. The highest BCUT2D eigenvalue weighted by Gasteiger charge is 2.20. The Bertz CT molecular complexity index is 420. The van der Waals surface area contributed by atoms with Gasteiger partial charge in [-0.15, -0.1) is 0 Å². The van der Waals surface area contributed by atoms with Crippen LogP contribution in [0.1, 0.15) is 16.6 Å². The Hall–Kier alpha value is -1.15. The summed E-state index contributed by atoms with van der Waals surface area (Å²) in [5.74, 6) is -1.03. The summed E-state index contributed by atoms with van der Waals surface area (Å²) < 4.78 is 14.8. The molecular weight excluding hydrogens is 314 g/mol. The van der Waals surface area contributed by atoms with Crippen molar-refractivity contribution in [2.24, 2.45) is 0 Å². The van der Waals surface area contributed by atoms with E-state index in [2.05, 4.69) is 30.4 Å². The first-order chi connectivity index (χ1) is 8.08. The van der Waals surface area contributed by atoms with Gasteiger partial charge >= 0.3 is 11.9 Å². The van der Waals surface area contributed by atoms with Crippen LogP contribution in [0.2, 0.25) is 0 Å². The van der Waals surface area contributed by atoms with Crippen molar-refractivity contribution in [3.8, 4) is 5.88 Å². The van der Waals surface area contributed by atoms with Crippen LogP contribution in [-0.2, 0) is 14.3 Å². The van der Waals surface area contributed by atoms with E-state index in [1.54, 1.807) is 6.92 Å². The molecule has 1 heterocycles. The third kappa shape index (κ3) is 3.97. The molecule has 6 nitrogen and oxygen atoms in total. The Morgan fingerprint density at radius 1 is 1.47 bits per heavy atom. The van der Waals surface area contributed by atoms with Gasteiger partial charge in [-0.1, -0.05) is 11.3 Å². The molecule has 0 spiro atoms. The maximum Gasteiger partial charge on any atom is 0.353 e. The minimum atomic E-state index is -0.563. The predicted octanol–water partition coefficient (Wildman–Crippen LogP) is 1.63. The summed E-state index contributed by atoms with van der Waals surface area (Å²) in [5, 5.41) is 0. The van der Waals surface area contributed by atoms with Crippen LogP contribution < -0.4 is 4.74 Å². The zero-order chi connectivity index (χ0) is 12.8. The molecule has 0 aliphatic rings. The summed E-state index contributed by atoms with van der Waals surface area (Å²) in [4.78, 5) is 26.5. The Balaban J connectivity index is 2.70. The van der Waals surface area contributed by atoms with Gasteiger partial charge in [-0.3, -0.25) is 0 Å². The number of carbonyl (C=O) groups is 2. The SMILES string of the molecule is CCOC(=O)COc1nc(Br)sc1C(=O)OC. The molecule has 0 saturated carbocycles. The van der Waals surface area contributed by atoms with E-state index in [0.29, 0.717) is 3.92 Å². The second-order valence-electron chi connectivity index (χ2n) is 2.69. The highest BCUT2D eigenvalue weighted by Crippen LogP contribution is 2.29. The molecular formula is C9H10BrNO5S. The van der Waals surface area contributed by atoms with Crippen LogP contribution in [-0.4, -0.2) is 37.2 Å². The summed E-state index contributed by atoms with van der Waals surface area (Å²) in [6, 6.07) is 0. The van der Waals surface area contributed by atoms with E-state index in [9.17, 15) is 9.59 Å². The van der Waals surface area contributed by atoms with Crippen molar-refractivity contribution >= 4 is 39.2 Å². The van der Waals surface area contributed by atoms with Gasteiger partial charge in [0.15, 0.2) is 15.4 Å². The van der Waals surface area contributed by atoms with Crippen molar-refractivity contribution in [1.82, 2.24) is 4.98 Å². The summed E-state index contributed by atoms with van der Waals surface area (Å²) in [6.45, 7) is 1.66. The standard InChI is InChI=1S/C9H10BrNO5S/c1-3-15-5(12)4-16-7-6(8(13)14-2)17-9(10)11-7/h3-4H2,1-2H3. The molecule has 0 amide bonds. The van der Waals surface area contributed by atoms with E-state index in [1.165, 1.54) is 7.11 Å². The van der Waals surface area contributed by atoms with Crippen molar-refractivity contribution in [2.75, 3.05) is 20.3 Å². The highest BCUT2D eigenvalue weighted by atomic mass is 79.9. The number of esters is 2. The topological polar surface area (TPSA) is 74.7 Å². The molecule has 0 radical (unpaired) electrons. The van der Waals surface area contributed by atoms with Crippen LogP contribution in [0.5, 0.6) is 5.88 Å². The molecule has 0 aromatic carbocycles. The second kappa shape index (κ2) is 6.55. The molecule has 17 heavy (non-hydrogen) atoms. The highest BCUT2D eigenvalue weighted by molar-refractivity contribution is 9.11. The van der Waals surface area contributed by atoms with Gasteiger partial charge in [-0.05, 0) is 22.9 Å². The van der Waals surface area contributed by atoms with Gasteiger partial charge in [0, 0.05) is 0 Å². The minimum absolute atomic E-state index is 0.0572. The number of aromatic nitrogens is 1. The van der Waals surface area contributed by atoms with E-state index < -0.39 is 11.9 Å². The van der Waals surface area contributed by atoms with Crippen LogP contribution >= 0.6 is 27.3 Å². The fraction of sp³-hybridized carbons (Fsp3) is 0.444. The van der Waals surface area contributed by atoms with Crippen molar-refractivity contribution in [2.45, 2.75) is 6.92 Å². The summed E-state index contributed by atoms with van der Waals surface area (Å²) >= 11 is 4.19. The fourth-order valence-corrected chi connectivity index (χ4v) is 2.23. The van der Waals surface area contributed by atoms with Gasteiger partial charge < -0.3 is 14.2 Å². The van der Waals surface area contributed by atoms with E-state index >= 15 is 0 Å². The smallest absolute Gasteiger partial charge is 0.353 e. The molecule has 1 aromatic rings. The first-order valence-corrected chi connectivity index (χ1v) is 6.22. The number of hydrogen-bond acceptors (Lipinski definition) is 7. The van der Waals surface area contributed by atoms with Crippen molar-refractivity contribution < 1.29 is 23.8 Å². The summed E-state index contributed by atoms with van der Waals surface area (Å²) in [5.41, 5.74) is 0. The van der Waals surface area contributed by atoms with Gasteiger partial charge in [0.25, 0.3) is 0 Å². The average Bonchev–Trinajstić information content (AvgIpc) is 2.67. The molecule has 1 aromatic heterocycles. The van der Waals surface area contributed by atoms with E-state index in [0.717, 1.165) is 11.3 Å². The van der Waals surface area contributed by atoms with E-state index in [1.807, 2.05) is 0 Å². The Morgan fingerprint density at radius 3 is 2.76 bits per heavy atom. The monoisotopic (exact) mass is 323 g/mol. The summed E-state index contributed by atoms with van der Waals surface area (Å²) in [7, 11) is 1.26. The number of nitrogens with zero attached hydrogens (tertiary/aromatic N) is 1. The third-order valence-corrected chi connectivity index (χ3v) is 3.04. The van der Waals surface area contributed by atoms with Gasteiger partial charge in [-0.25, -0.2) is 9.59 Å². The number of methoxy groups -OCH3 is 1. The largest absolute Gasteiger partial charge is 0.465 e. The molecule has 0 fully saturated rings. The zero-order valence-electron chi connectivity index (χ0n) is 9.19. The minimum Gasteiger partial charge on any atom is -0.465 e. The quantitative estimate of drug-likeness (QED) is 0.767. The normalized spacial score (nSPS) is 9.82. The molecule has 0 saturated heterocycles. The molecule has 0 aliphatic heterocycles. The Kier molecular flexibility index (Phi) is 5.36. The number of hydrogen-bond donors (Lipinski definition) is 0. The first kappa shape index (κ1) is 13.9. The number of halogens is 1. The molecule has 0 bridgehead atoms. The van der Waals surface area contributed by atoms with Crippen LogP contribution in [0, 0.1) is 0 Å². The van der Waals surface area contributed by atoms with Gasteiger partial charge in [0.2, 0.25) is 5.88 Å². The van der Waals surface area contributed by atoms with Gasteiger partial charge in [-0.2, -0.15) is 4.98 Å². The maximum atomic E-state index is 11.3. The molecule has 0 unspecified atom stereocenters. The van der Waals surface area contributed by atoms with Crippen molar-refractivity contribution in [3.63, 3.8) is 0 Å². The van der Waals surface area contributed by atoms with Crippen LogP contribution in [0.15, 0.2) is 3.92 Å². The lowest BCUT2D eigenvalue weighted by molar-refractivity contribution is -0.145. The maximum absolute atomic E-state index is 11.3. The molecule has 0 aliphatic carbocycles. The molecule has 8 heteroatoms. The van der Waals surface area contributed by atoms with Gasteiger partial charge in [0.05, 0.1) is 13.7 Å². The lowest BCUT2D eigenvalue weighted by Gasteiger charge is -2.04. The van der Waals surface area contributed by atoms with Gasteiger partial charge in [0.1, 0.15) is 0 Å². The predicted molar refractivity (Wildman–Crippen MR) is 63.3 cm³/mol. The fourth-order valence-electron chi connectivity index (χ4n) is 0.931. The Morgan fingerprint density at radius 2 is 2.18 bits per heavy atom. The van der Waals surface area contributed by atoms with E-state index in [4.69, 9.17) is 4.74 Å². The number of carbonyl (C=O) groups excluding carboxylic acids is 2. The molecule has 0 atom stereocenters. The summed E-state index contributed by atoms with van der Waals surface area (Å²) in [6.07, 6.45) is 0.